The zero-order valence-corrected chi connectivity index (χ0v) is 15.2. The van der Waals surface area contributed by atoms with Gasteiger partial charge in [-0.05, 0) is 44.0 Å². The number of anilines is 1. The van der Waals surface area contributed by atoms with Gasteiger partial charge in [-0.1, -0.05) is 13.0 Å². The Labute approximate surface area is 145 Å². The molecule has 0 atom stereocenters. The summed E-state index contributed by atoms with van der Waals surface area (Å²) < 4.78 is 0. The van der Waals surface area contributed by atoms with Crippen molar-refractivity contribution in [2.24, 2.45) is 0 Å². The highest BCUT2D eigenvalue weighted by molar-refractivity contribution is 5.96. The highest BCUT2D eigenvalue weighted by Gasteiger charge is 2.26. The number of piperidine rings is 1. The van der Waals surface area contributed by atoms with E-state index < -0.39 is 0 Å². The highest BCUT2D eigenvalue weighted by atomic mass is 35.5. The van der Waals surface area contributed by atoms with Gasteiger partial charge in [0.1, 0.15) is 0 Å². The molecule has 4 nitrogen and oxygen atoms in total. The monoisotopic (exact) mass is 347 g/mol. The van der Waals surface area contributed by atoms with Crippen LogP contribution in [-0.4, -0.2) is 48.4 Å². The molecule has 1 heterocycles. The fourth-order valence-electron chi connectivity index (χ4n) is 2.85. The van der Waals surface area contributed by atoms with Crippen molar-refractivity contribution in [3.05, 3.63) is 29.3 Å². The maximum Gasteiger partial charge on any atom is 0.254 e. The Morgan fingerprint density at radius 2 is 1.91 bits per heavy atom. The summed E-state index contributed by atoms with van der Waals surface area (Å²) in [4.78, 5) is 17.0. The lowest BCUT2D eigenvalue weighted by Gasteiger charge is -2.36. The van der Waals surface area contributed by atoms with Crippen LogP contribution in [0.2, 0.25) is 0 Å². The molecule has 1 amide bonds. The van der Waals surface area contributed by atoms with Gasteiger partial charge in [0, 0.05) is 37.4 Å². The number of carbonyl (C=O) groups is 1. The van der Waals surface area contributed by atoms with Crippen molar-refractivity contribution in [2.75, 3.05) is 32.4 Å². The lowest BCUT2D eigenvalue weighted by Crippen LogP contribution is -2.45. The van der Waals surface area contributed by atoms with Crippen molar-refractivity contribution in [1.29, 1.82) is 0 Å². The summed E-state index contributed by atoms with van der Waals surface area (Å²) in [6.07, 6.45) is 2.11. The van der Waals surface area contributed by atoms with Gasteiger partial charge >= 0.3 is 0 Å². The molecule has 0 radical (unpaired) electrons. The second kappa shape index (κ2) is 9.23. The van der Waals surface area contributed by atoms with Crippen LogP contribution in [0.5, 0.6) is 0 Å². The number of nitrogen functional groups attached to an aromatic ring is 1. The molecule has 0 aromatic heterocycles. The van der Waals surface area contributed by atoms with Crippen molar-refractivity contribution in [3.8, 4) is 0 Å². The van der Waals surface area contributed by atoms with Crippen molar-refractivity contribution < 1.29 is 4.79 Å². The molecule has 126 valence electrons. The second-order valence-corrected chi connectivity index (χ2v) is 5.66. The number of rotatable bonds is 3. The number of nitrogens with two attached hydrogens (primary N) is 1. The van der Waals surface area contributed by atoms with Gasteiger partial charge < -0.3 is 15.5 Å². The molecule has 2 rings (SSSR count). The summed E-state index contributed by atoms with van der Waals surface area (Å²) in [5, 5.41) is 0. The summed E-state index contributed by atoms with van der Waals surface area (Å²) in [6, 6.07) is 5.88. The molecule has 0 saturated carbocycles. The van der Waals surface area contributed by atoms with Crippen LogP contribution in [0.4, 0.5) is 5.69 Å². The first-order valence-electron chi connectivity index (χ1n) is 7.38. The third-order valence-electron chi connectivity index (χ3n) is 4.36. The summed E-state index contributed by atoms with van der Waals surface area (Å²) in [6.45, 7) is 7.40. The largest absolute Gasteiger partial charge is 0.399 e. The fraction of sp³-hybridized carbons (Fsp3) is 0.562. The zero-order chi connectivity index (χ0) is 14.7. The van der Waals surface area contributed by atoms with Crippen LogP contribution < -0.4 is 5.73 Å². The fourth-order valence-corrected chi connectivity index (χ4v) is 2.85. The minimum atomic E-state index is 0. The van der Waals surface area contributed by atoms with Crippen LogP contribution in [0, 0.1) is 6.92 Å². The van der Waals surface area contributed by atoms with Crippen molar-refractivity contribution in [3.63, 3.8) is 0 Å². The number of amides is 1. The van der Waals surface area contributed by atoms with Crippen molar-refractivity contribution >= 4 is 36.4 Å². The first-order valence-corrected chi connectivity index (χ1v) is 7.38. The van der Waals surface area contributed by atoms with Gasteiger partial charge in [-0.2, -0.15) is 0 Å². The Morgan fingerprint density at radius 3 is 2.45 bits per heavy atom. The first kappa shape index (κ1) is 21.0. The summed E-state index contributed by atoms with van der Waals surface area (Å²) in [5.74, 6) is 0.0877. The molecule has 0 spiro atoms. The zero-order valence-electron chi connectivity index (χ0n) is 13.5. The number of nitrogens with zero attached hydrogens (tertiary/aromatic N) is 2. The third-order valence-corrected chi connectivity index (χ3v) is 4.36. The topological polar surface area (TPSA) is 49.6 Å². The van der Waals surface area contributed by atoms with E-state index in [2.05, 4.69) is 11.8 Å². The minimum absolute atomic E-state index is 0. The lowest BCUT2D eigenvalue weighted by atomic mass is 10.0. The molecule has 1 fully saturated rings. The number of benzene rings is 1. The number of hydrogen-bond acceptors (Lipinski definition) is 3. The molecule has 0 aliphatic carbocycles. The maximum absolute atomic E-state index is 12.6. The Balaban J connectivity index is 0.00000220. The predicted octanol–water partition coefficient (Wildman–Crippen LogP) is 2.98. The normalized spacial score (nSPS) is 15.6. The van der Waals surface area contributed by atoms with Crippen molar-refractivity contribution in [1.82, 2.24) is 9.80 Å². The second-order valence-electron chi connectivity index (χ2n) is 5.66. The number of aryl methyl sites for hydroxylation is 1. The molecule has 1 aromatic carbocycles. The Kier molecular flexibility index (Phi) is 8.83. The van der Waals surface area contributed by atoms with E-state index in [1.807, 2.05) is 31.0 Å². The molecule has 1 saturated heterocycles. The molecule has 1 aromatic rings. The average Bonchev–Trinajstić information content (AvgIpc) is 2.48. The summed E-state index contributed by atoms with van der Waals surface area (Å²) >= 11 is 0. The van der Waals surface area contributed by atoms with E-state index in [9.17, 15) is 4.79 Å². The quantitative estimate of drug-likeness (QED) is 0.855. The smallest absolute Gasteiger partial charge is 0.254 e. The third kappa shape index (κ3) is 4.77. The number of carbonyl (C=O) groups excluding carboxylic acids is 1. The van der Waals surface area contributed by atoms with Gasteiger partial charge in [0.25, 0.3) is 5.91 Å². The van der Waals surface area contributed by atoms with Crippen LogP contribution in [0.25, 0.3) is 0 Å². The SMILES string of the molecule is CCN1CCC(N(C)C(=O)c2cc(N)ccc2C)CC1.Cl.Cl. The maximum atomic E-state index is 12.6. The van der Waals surface area contributed by atoms with Gasteiger partial charge in [0.05, 0.1) is 0 Å². The van der Waals surface area contributed by atoms with E-state index in [0.717, 1.165) is 43.6 Å². The number of likely N-dealkylation sites (tertiary alicyclic amines) is 1. The van der Waals surface area contributed by atoms with Gasteiger partial charge in [-0.25, -0.2) is 0 Å². The molecule has 6 heteroatoms. The van der Waals surface area contributed by atoms with Crippen LogP contribution in [0.3, 0.4) is 0 Å². The van der Waals surface area contributed by atoms with E-state index >= 15 is 0 Å². The standard InChI is InChI=1S/C16H25N3O.2ClH/c1-4-19-9-7-14(8-10-19)18(3)16(20)15-11-13(17)6-5-12(15)2;;/h5-6,11,14H,4,7-10,17H2,1-3H3;2*1H. The van der Waals surface area contributed by atoms with E-state index in [4.69, 9.17) is 5.73 Å². The molecule has 1 aliphatic rings. The van der Waals surface area contributed by atoms with Gasteiger partial charge in [0.2, 0.25) is 0 Å². The molecular weight excluding hydrogens is 321 g/mol. The Bertz CT molecular complexity index is 488. The van der Waals surface area contributed by atoms with Crippen LogP contribution >= 0.6 is 24.8 Å². The predicted molar refractivity (Wildman–Crippen MR) is 97.3 cm³/mol. The highest BCUT2D eigenvalue weighted by Crippen LogP contribution is 2.20. The van der Waals surface area contributed by atoms with Gasteiger partial charge in [-0.3, -0.25) is 4.79 Å². The van der Waals surface area contributed by atoms with Gasteiger partial charge in [-0.15, -0.1) is 24.8 Å². The Hall–Kier alpha value is -0.970. The molecule has 0 bridgehead atoms. The lowest BCUT2D eigenvalue weighted by molar-refractivity contribution is 0.0646. The van der Waals surface area contributed by atoms with Gasteiger partial charge in [0.15, 0.2) is 0 Å². The number of halogens is 2. The summed E-state index contributed by atoms with van der Waals surface area (Å²) in [5.41, 5.74) is 8.16. The van der Waals surface area contributed by atoms with Crippen LogP contribution in [0.15, 0.2) is 18.2 Å². The summed E-state index contributed by atoms with van der Waals surface area (Å²) in [7, 11) is 1.91. The Morgan fingerprint density at radius 1 is 1.32 bits per heavy atom. The molecule has 1 aliphatic heterocycles. The molecule has 2 N–H and O–H groups in total. The average molecular weight is 348 g/mol. The molecule has 22 heavy (non-hydrogen) atoms. The first-order chi connectivity index (χ1) is 9.52. The number of hydrogen-bond donors (Lipinski definition) is 1. The van der Waals surface area contributed by atoms with E-state index in [0.29, 0.717) is 11.7 Å². The van der Waals surface area contributed by atoms with E-state index in [-0.39, 0.29) is 30.7 Å². The minimum Gasteiger partial charge on any atom is -0.399 e. The van der Waals surface area contributed by atoms with E-state index in [1.165, 1.54) is 0 Å². The van der Waals surface area contributed by atoms with Crippen LogP contribution in [-0.2, 0) is 0 Å². The van der Waals surface area contributed by atoms with Crippen molar-refractivity contribution in [2.45, 2.75) is 32.7 Å². The van der Waals surface area contributed by atoms with Crippen LogP contribution in [0.1, 0.15) is 35.7 Å². The molecular formula is C16H27Cl2N3O. The molecule has 0 unspecified atom stereocenters. The van der Waals surface area contributed by atoms with E-state index in [1.54, 1.807) is 6.07 Å².